The Balaban J connectivity index is 1.67. The molecule has 150 valence electrons. The molecule has 0 amide bonds. The summed E-state index contributed by atoms with van der Waals surface area (Å²) in [5.74, 6) is 0. The lowest BCUT2D eigenvalue weighted by Crippen LogP contribution is -2.19. The average molecular weight is 487 g/mol. The first-order chi connectivity index (χ1) is 13.7. The van der Waals surface area contributed by atoms with E-state index in [0.717, 1.165) is 5.69 Å². The first-order valence-electron chi connectivity index (χ1n) is 8.14. The Morgan fingerprint density at radius 2 is 1.31 bits per heavy atom. The van der Waals surface area contributed by atoms with Crippen LogP contribution in [-0.4, -0.2) is 13.5 Å². The van der Waals surface area contributed by atoms with Crippen molar-refractivity contribution in [3.8, 4) is 0 Å². The zero-order valence-electron chi connectivity index (χ0n) is 14.6. The van der Waals surface area contributed by atoms with E-state index in [9.17, 15) is 8.42 Å². The van der Waals surface area contributed by atoms with Gasteiger partial charge in [0, 0.05) is 26.4 Å². The number of thiocarbonyl (C=S) groups is 1. The maximum absolute atomic E-state index is 12.6. The van der Waals surface area contributed by atoms with Gasteiger partial charge in [-0.05, 0) is 72.9 Å². The molecule has 3 aromatic carbocycles. The van der Waals surface area contributed by atoms with Gasteiger partial charge in [-0.1, -0.05) is 40.9 Å². The summed E-state index contributed by atoms with van der Waals surface area (Å²) in [5.41, 5.74) is 1.63. The van der Waals surface area contributed by atoms with Gasteiger partial charge in [-0.3, -0.25) is 4.72 Å². The van der Waals surface area contributed by atoms with Crippen LogP contribution < -0.4 is 15.4 Å². The minimum absolute atomic E-state index is 0.0767. The van der Waals surface area contributed by atoms with Crippen LogP contribution in [0.3, 0.4) is 0 Å². The van der Waals surface area contributed by atoms with E-state index in [1.165, 1.54) is 30.3 Å². The van der Waals surface area contributed by atoms with Crippen LogP contribution >= 0.6 is 47.0 Å². The van der Waals surface area contributed by atoms with Crippen LogP contribution in [0.15, 0.2) is 71.6 Å². The molecule has 0 fully saturated rings. The first-order valence-corrected chi connectivity index (χ1v) is 11.2. The number of nitrogens with one attached hydrogen (secondary N) is 3. The summed E-state index contributed by atoms with van der Waals surface area (Å²) in [5, 5.41) is 7.56. The Bertz CT molecular complexity index is 1130. The Labute approximate surface area is 189 Å². The maximum Gasteiger partial charge on any atom is 0.261 e. The van der Waals surface area contributed by atoms with Gasteiger partial charge >= 0.3 is 0 Å². The largest absolute Gasteiger partial charge is 0.332 e. The molecule has 0 unspecified atom stereocenters. The van der Waals surface area contributed by atoms with Gasteiger partial charge in [0.1, 0.15) is 0 Å². The predicted molar refractivity (Wildman–Crippen MR) is 125 cm³/mol. The van der Waals surface area contributed by atoms with Gasteiger partial charge in [0.2, 0.25) is 0 Å². The summed E-state index contributed by atoms with van der Waals surface area (Å²) in [7, 11) is -3.80. The summed E-state index contributed by atoms with van der Waals surface area (Å²) in [6.07, 6.45) is 0. The second-order valence-corrected chi connectivity index (χ2v) is 9.28. The zero-order chi connectivity index (χ0) is 21.0. The van der Waals surface area contributed by atoms with Crippen molar-refractivity contribution < 1.29 is 8.42 Å². The molecule has 29 heavy (non-hydrogen) atoms. The third-order valence-electron chi connectivity index (χ3n) is 3.62. The highest BCUT2D eigenvalue weighted by molar-refractivity contribution is 7.92. The van der Waals surface area contributed by atoms with Crippen molar-refractivity contribution in [2.24, 2.45) is 0 Å². The van der Waals surface area contributed by atoms with Crippen molar-refractivity contribution in [3.63, 3.8) is 0 Å². The molecular formula is C19H14Cl3N3O2S2. The van der Waals surface area contributed by atoms with E-state index in [-0.39, 0.29) is 10.6 Å². The Kier molecular flexibility index (Phi) is 6.87. The molecular weight excluding hydrogens is 473 g/mol. The minimum Gasteiger partial charge on any atom is -0.332 e. The molecule has 0 aromatic heterocycles. The van der Waals surface area contributed by atoms with Crippen LogP contribution in [-0.2, 0) is 10.0 Å². The molecule has 3 aromatic rings. The van der Waals surface area contributed by atoms with Crippen molar-refractivity contribution in [2.45, 2.75) is 4.90 Å². The number of hydrogen-bond donors (Lipinski definition) is 3. The monoisotopic (exact) mass is 485 g/mol. The fourth-order valence-electron chi connectivity index (χ4n) is 2.40. The van der Waals surface area contributed by atoms with Crippen LogP contribution in [0.2, 0.25) is 15.1 Å². The third kappa shape index (κ3) is 6.22. The van der Waals surface area contributed by atoms with Crippen LogP contribution in [0.1, 0.15) is 0 Å². The minimum atomic E-state index is -3.80. The summed E-state index contributed by atoms with van der Waals surface area (Å²) < 4.78 is 27.6. The van der Waals surface area contributed by atoms with Crippen molar-refractivity contribution in [1.82, 2.24) is 0 Å². The number of anilines is 3. The standard InChI is InChI=1S/C19H14Cl3N3O2S2/c20-12-2-1-3-16(9-12)24-19(28)23-15-4-6-18(7-5-15)29(26,27)25-17-10-13(21)8-14(22)11-17/h1-11,25H,(H2,23,24,28). The highest BCUT2D eigenvalue weighted by Crippen LogP contribution is 2.25. The van der Waals surface area contributed by atoms with Crippen molar-refractivity contribution in [3.05, 3.63) is 81.8 Å². The molecule has 0 spiro atoms. The third-order valence-corrected chi connectivity index (χ3v) is 5.89. The lowest BCUT2D eigenvalue weighted by molar-refractivity contribution is 0.601. The van der Waals surface area contributed by atoms with Gasteiger partial charge in [0.05, 0.1) is 10.6 Å². The summed E-state index contributed by atoms with van der Waals surface area (Å²) in [6.45, 7) is 0. The van der Waals surface area contributed by atoms with Gasteiger partial charge in [0.15, 0.2) is 5.11 Å². The molecule has 0 aliphatic heterocycles. The summed E-state index contributed by atoms with van der Waals surface area (Å²) in [4.78, 5) is 0.0767. The Morgan fingerprint density at radius 1 is 0.724 bits per heavy atom. The number of rotatable bonds is 5. The smallest absolute Gasteiger partial charge is 0.261 e. The van der Waals surface area contributed by atoms with Crippen LogP contribution in [0.5, 0.6) is 0 Å². The zero-order valence-corrected chi connectivity index (χ0v) is 18.5. The van der Waals surface area contributed by atoms with E-state index >= 15 is 0 Å². The topological polar surface area (TPSA) is 70.2 Å². The van der Waals surface area contributed by atoms with Gasteiger partial charge in [-0.25, -0.2) is 8.42 Å². The second-order valence-electron chi connectivity index (χ2n) is 5.88. The number of halogens is 3. The summed E-state index contributed by atoms with van der Waals surface area (Å²) >= 11 is 23.0. The maximum atomic E-state index is 12.6. The first kappa shape index (κ1) is 21.7. The quantitative estimate of drug-likeness (QED) is 0.371. The van der Waals surface area contributed by atoms with Crippen LogP contribution in [0, 0.1) is 0 Å². The molecule has 0 radical (unpaired) electrons. The van der Waals surface area contributed by atoms with Gasteiger partial charge in [-0.15, -0.1) is 0 Å². The molecule has 0 atom stereocenters. The lowest BCUT2D eigenvalue weighted by Gasteiger charge is -2.12. The van der Waals surface area contributed by atoms with Crippen LogP contribution in [0.25, 0.3) is 0 Å². The highest BCUT2D eigenvalue weighted by Gasteiger charge is 2.15. The van der Waals surface area contributed by atoms with Crippen LogP contribution in [0.4, 0.5) is 17.1 Å². The van der Waals surface area contributed by atoms with E-state index in [0.29, 0.717) is 25.9 Å². The average Bonchev–Trinajstić information content (AvgIpc) is 2.60. The Hall–Kier alpha value is -2.03. The van der Waals surface area contributed by atoms with Gasteiger partial charge in [-0.2, -0.15) is 0 Å². The fraction of sp³-hybridized carbons (Fsp3) is 0. The van der Waals surface area contributed by atoms with Gasteiger partial charge in [0.25, 0.3) is 10.0 Å². The molecule has 0 aliphatic carbocycles. The molecule has 3 rings (SSSR count). The normalized spacial score (nSPS) is 11.0. The molecule has 0 aliphatic rings. The van der Waals surface area contributed by atoms with E-state index in [2.05, 4.69) is 15.4 Å². The van der Waals surface area contributed by atoms with E-state index < -0.39 is 10.0 Å². The molecule has 10 heteroatoms. The van der Waals surface area contributed by atoms with Crippen molar-refractivity contribution in [2.75, 3.05) is 15.4 Å². The number of benzene rings is 3. The number of sulfonamides is 1. The summed E-state index contributed by atoms with van der Waals surface area (Å²) in [6, 6.07) is 17.7. The predicted octanol–water partition coefficient (Wildman–Crippen LogP) is 6.26. The molecule has 0 heterocycles. The van der Waals surface area contributed by atoms with Crippen molar-refractivity contribution in [1.29, 1.82) is 0 Å². The van der Waals surface area contributed by atoms with E-state index in [1.54, 1.807) is 30.3 Å². The van der Waals surface area contributed by atoms with Crippen molar-refractivity contribution >= 4 is 79.2 Å². The fourth-order valence-corrected chi connectivity index (χ4v) is 4.40. The highest BCUT2D eigenvalue weighted by atomic mass is 35.5. The molecule has 0 saturated heterocycles. The SMILES string of the molecule is O=S(=O)(Nc1cc(Cl)cc(Cl)c1)c1ccc(NC(=S)Nc2cccc(Cl)c2)cc1. The van der Waals surface area contributed by atoms with E-state index in [4.69, 9.17) is 47.0 Å². The molecule has 5 nitrogen and oxygen atoms in total. The van der Waals surface area contributed by atoms with Gasteiger partial charge < -0.3 is 10.6 Å². The van der Waals surface area contributed by atoms with E-state index in [1.807, 2.05) is 6.07 Å². The Morgan fingerprint density at radius 3 is 1.93 bits per heavy atom. The lowest BCUT2D eigenvalue weighted by atomic mass is 10.3. The second kappa shape index (κ2) is 9.19. The molecule has 3 N–H and O–H groups in total. The molecule has 0 bridgehead atoms. The number of hydrogen-bond acceptors (Lipinski definition) is 3. The molecule has 0 saturated carbocycles.